The number of anilines is 4. The predicted octanol–water partition coefficient (Wildman–Crippen LogP) is 4.33. The Morgan fingerprint density at radius 3 is 2.18 bits per heavy atom. The quantitative estimate of drug-likeness (QED) is 0.0757. The maximum Gasteiger partial charge on any atom is 0.335 e. The summed E-state index contributed by atoms with van der Waals surface area (Å²) >= 11 is 6.10. The molecule has 0 atom stereocenters. The van der Waals surface area contributed by atoms with E-state index < -0.39 is 48.4 Å². The molecule has 49 heavy (non-hydrogen) atoms. The van der Waals surface area contributed by atoms with E-state index in [1.807, 2.05) is 0 Å². The van der Waals surface area contributed by atoms with Crippen molar-refractivity contribution in [3.63, 3.8) is 0 Å². The number of nitrogens with zero attached hydrogens (tertiary/aromatic N) is 6. The van der Waals surface area contributed by atoms with Gasteiger partial charge in [0.25, 0.3) is 20.2 Å². The molecule has 5 aromatic rings. The van der Waals surface area contributed by atoms with Crippen molar-refractivity contribution >= 4 is 172 Å². The minimum Gasteiger partial charge on any atom is -0.505 e. The minimum atomic E-state index is -4.96. The van der Waals surface area contributed by atoms with E-state index in [0.29, 0.717) is 5.69 Å². The Morgan fingerprint density at radius 2 is 1.55 bits per heavy atom. The van der Waals surface area contributed by atoms with Crippen molar-refractivity contribution in [1.29, 1.82) is 0 Å². The maximum atomic E-state index is 12.3. The first-order valence-electron chi connectivity index (χ1n) is 12.7. The van der Waals surface area contributed by atoms with Crippen LogP contribution in [0.4, 0.5) is 34.6 Å². The van der Waals surface area contributed by atoms with Gasteiger partial charge < -0.3 is 15.5 Å². The largest absolute Gasteiger partial charge is 0.505 e. The van der Waals surface area contributed by atoms with E-state index in [1.165, 1.54) is 42.5 Å². The van der Waals surface area contributed by atoms with E-state index in [2.05, 4.69) is 30.5 Å². The molecule has 4 aromatic carbocycles. The third-order valence-electron chi connectivity index (χ3n) is 6.14. The van der Waals surface area contributed by atoms with Crippen LogP contribution in [-0.2, 0) is 20.2 Å². The molecule has 1 heterocycles. The topological polar surface area (TPSA) is 245 Å². The number of fused-ring (bicyclic) bond motifs is 1. The smallest absolute Gasteiger partial charge is 0.335 e. The van der Waals surface area contributed by atoms with E-state index in [0.717, 1.165) is 11.0 Å². The summed E-state index contributed by atoms with van der Waals surface area (Å²) in [5.41, 5.74) is -0.104. The number of rotatable bonds is 10. The second kappa shape index (κ2) is 17.8. The first kappa shape index (κ1) is 42.9. The van der Waals surface area contributed by atoms with Crippen molar-refractivity contribution in [2.45, 2.75) is 4.90 Å². The second-order valence-corrected chi connectivity index (χ2v) is 12.5. The van der Waals surface area contributed by atoms with Crippen LogP contribution in [0.5, 0.6) is 5.75 Å². The SMILES string of the molecule is O=C(O)c1cccc(N=Nc2c(S(=O)(=O)O)cc3cc(Nc4nc(Cl)nc(N(CS(=O)(=O)O)c5ccccc5)n4)ccc3c2O)c1.[Na].[Na].[Na]. The number of azo groups is 1. The molecule has 0 saturated carbocycles. The van der Waals surface area contributed by atoms with Gasteiger partial charge in [-0.1, -0.05) is 24.3 Å². The van der Waals surface area contributed by atoms with Gasteiger partial charge in [0, 0.05) is 105 Å². The van der Waals surface area contributed by atoms with Gasteiger partial charge in [-0.15, -0.1) is 5.11 Å². The molecule has 0 bridgehead atoms. The summed E-state index contributed by atoms with van der Waals surface area (Å²) in [6, 6.07) is 18.6. The zero-order chi connectivity index (χ0) is 33.2. The van der Waals surface area contributed by atoms with Gasteiger partial charge in [0.05, 0.1) is 11.3 Å². The number of carboxylic acids is 1. The molecule has 5 N–H and O–H groups in total. The molecule has 0 aliphatic rings. The molecule has 5 rings (SSSR count). The molecule has 0 aliphatic carbocycles. The van der Waals surface area contributed by atoms with Gasteiger partial charge in [-0.2, -0.15) is 36.9 Å². The van der Waals surface area contributed by atoms with Gasteiger partial charge in [0.15, 0.2) is 11.6 Å². The number of nitrogens with one attached hydrogen (secondary N) is 1. The fraction of sp³-hybridized carbons (Fsp3) is 0.0370. The molecule has 239 valence electrons. The first-order chi connectivity index (χ1) is 21.7. The van der Waals surface area contributed by atoms with Crippen LogP contribution in [0.25, 0.3) is 10.8 Å². The molecule has 0 aliphatic heterocycles. The summed E-state index contributed by atoms with van der Waals surface area (Å²) in [7, 11) is -9.51. The van der Waals surface area contributed by atoms with Crippen LogP contribution in [0.1, 0.15) is 10.4 Å². The van der Waals surface area contributed by atoms with Gasteiger partial charge in [-0.05, 0) is 71.6 Å². The molecule has 1 aromatic heterocycles. The molecule has 22 heteroatoms. The fourth-order valence-corrected chi connectivity index (χ4v) is 5.60. The van der Waals surface area contributed by atoms with Crippen LogP contribution >= 0.6 is 11.6 Å². The van der Waals surface area contributed by atoms with Crippen LogP contribution in [0, 0.1) is 0 Å². The number of hydrogen-bond donors (Lipinski definition) is 5. The summed E-state index contributed by atoms with van der Waals surface area (Å²) in [4.78, 5) is 23.7. The van der Waals surface area contributed by atoms with Crippen molar-refractivity contribution in [2.75, 3.05) is 16.1 Å². The molecular weight excluding hydrogens is 735 g/mol. The third kappa shape index (κ3) is 11.1. The van der Waals surface area contributed by atoms with Gasteiger partial charge >= 0.3 is 5.97 Å². The Labute approximate surface area is 350 Å². The van der Waals surface area contributed by atoms with Crippen LogP contribution < -0.4 is 10.2 Å². The second-order valence-electron chi connectivity index (χ2n) is 9.37. The molecule has 16 nitrogen and oxygen atoms in total. The predicted molar refractivity (Wildman–Crippen MR) is 183 cm³/mol. The average molecular weight is 755 g/mol. The Bertz CT molecular complexity index is 2250. The van der Waals surface area contributed by atoms with E-state index in [-0.39, 0.29) is 134 Å². The first-order valence-corrected chi connectivity index (χ1v) is 16.1. The zero-order valence-electron chi connectivity index (χ0n) is 25.9. The number of hydrogen-bond acceptors (Lipinski definition) is 13. The number of carboxylic acid groups (broad SMARTS) is 1. The van der Waals surface area contributed by atoms with Crippen molar-refractivity contribution in [3.05, 3.63) is 89.7 Å². The number of phenolic OH excluding ortho intramolecular Hbond substituents is 1. The Hall–Kier alpha value is -2.27. The number of halogens is 1. The standard InChI is InChI=1S/C27H20ClN7O9S2.3Na/c28-25-30-26(32-27(31-25)35(14-45(39,40)41)19-7-2-1-3-8-19)29-17-9-10-20-16(12-17)13-21(46(42,43)44)22(23(20)36)34-33-18-6-4-5-15(11-18)24(37)38;;;/h1-13,36H,14H2,(H,37,38)(H,39,40,41)(H,42,43,44)(H,29,30,31,32);;;. The van der Waals surface area contributed by atoms with E-state index in [9.17, 15) is 40.9 Å². The van der Waals surface area contributed by atoms with E-state index in [4.69, 9.17) is 11.6 Å². The molecular formula is C27H20ClN7Na3O9S2. The van der Waals surface area contributed by atoms with Gasteiger partial charge in [0.1, 0.15) is 10.6 Å². The minimum absolute atomic E-state index is 0. The Balaban J connectivity index is 0.00000278. The maximum absolute atomic E-state index is 12.3. The summed E-state index contributed by atoms with van der Waals surface area (Å²) in [5, 5.41) is 30.5. The molecule has 3 radical (unpaired) electrons. The summed E-state index contributed by atoms with van der Waals surface area (Å²) in [5.74, 6) is -3.18. The fourth-order valence-electron chi connectivity index (χ4n) is 4.20. The van der Waals surface area contributed by atoms with Crippen LogP contribution in [-0.4, -0.2) is 152 Å². The molecule has 0 amide bonds. The zero-order valence-corrected chi connectivity index (χ0v) is 34.3. The van der Waals surface area contributed by atoms with Crippen LogP contribution in [0.15, 0.2) is 94.0 Å². The summed E-state index contributed by atoms with van der Waals surface area (Å²) in [6.07, 6.45) is 0. The third-order valence-corrected chi connectivity index (χ3v) is 7.76. The van der Waals surface area contributed by atoms with Gasteiger partial charge in [0.2, 0.25) is 17.2 Å². The number of aromatic nitrogens is 3. The molecule has 0 saturated heterocycles. The number of para-hydroxylation sites is 1. The van der Waals surface area contributed by atoms with Crippen molar-refractivity contribution in [1.82, 2.24) is 15.0 Å². The van der Waals surface area contributed by atoms with Gasteiger partial charge in [-0.25, -0.2) is 4.79 Å². The van der Waals surface area contributed by atoms with Crippen LogP contribution in [0.3, 0.4) is 0 Å². The van der Waals surface area contributed by atoms with Crippen molar-refractivity contribution in [3.8, 4) is 5.75 Å². The molecule has 0 fully saturated rings. The Morgan fingerprint density at radius 1 is 0.857 bits per heavy atom. The molecule has 0 spiro atoms. The number of aromatic hydroxyl groups is 1. The summed E-state index contributed by atoms with van der Waals surface area (Å²) < 4.78 is 67.5. The molecule has 0 unspecified atom stereocenters. The van der Waals surface area contributed by atoms with E-state index in [1.54, 1.807) is 30.3 Å². The number of benzene rings is 4. The number of carbonyl (C=O) groups is 1. The summed E-state index contributed by atoms with van der Waals surface area (Å²) in [6.45, 7) is 0. The Kier molecular flexibility index (Phi) is 15.6. The van der Waals surface area contributed by atoms with Gasteiger partial charge in [-0.3, -0.25) is 14.0 Å². The average Bonchev–Trinajstić information content (AvgIpc) is 2.98. The van der Waals surface area contributed by atoms with E-state index >= 15 is 0 Å². The van der Waals surface area contributed by atoms with Crippen molar-refractivity contribution < 1.29 is 40.9 Å². The monoisotopic (exact) mass is 754 g/mol. The number of aromatic carboxylic acids is 1. The van der Waals surface area contributed by atoms with Crippen molar-refractivity contribution in [2.24, 2.45) is 10.2 Å². The van der Waals surface area contributed by atoms with Crippen LogP contribution in [0.2, 0.25) is 5.28 Å². The normalized spacial score (nSPS) is 11.2. The number of phenols is 1.